The van der Waals surface area contributed by atoms with E-state index in [1.165, 1.54) is 17.3 Å². The third kappa shape index (κ3) is 5.46. The fourth-order valence-electron chi connectivity index (χ4n) is 3.37. The Hall–Kier alpha value is -2.91. The molecule has 2 rings (SSSR count). The molecule has 1 heterocycles. The summed E-state index contributed by atoms with van der Waals surface area (Å²) in [5.41, 5.74) is 16.5. The summed E-state index contributed by atoms with van der Waals surface area (Å²) >= 11 is 0. The summed E-state index contributed by atoms with van der Waals surface area (Å²) in [4.78, 5) is 5.18. The summed E-state index contributed by atoms with van der Waals surface area (Å²) in [6, 6.07) is 8.66. The van der Waals surface area contributed by atoms with Gasteiger partial charge >= 0.3 is 8.25 Å². The van der Waals surface area contributed by atoms with Gasteiger partial charge in [0.2, 0.25) is 0 Å². The Labute approximate surface area is 189 Å². The molecule has 32 heavy (non-hydrogen) atoms. The van der Waals surface area contributed by atoms with Gasteiger partial charge < -0.3 is 31.9 Å². The average Bonchev–Trinajstić information content (AvgIpc) is 2.98. The molecular formula is C21H31N5O5P+. The highest BCUT2D eigenvalue weighted by Gasteiger charge is 2.55. The van der Waals surface area contributed by atoms with Gasteiger partial charge in [-0.05, 0) is 26.0 Å². The standard InChI is InChI=1S/C21H31N5O5P/c1-6-25-18(23)16(22)19(24)26(7-2)20-21(5,27)13(3)17(29-20)14(4)30-32(28)31-15-11-9-8-10-12-15/h6-14,17,20,27H,1-2,22,24H2,3-5H3,(H2,23,25)/q+1/b19-16-/t13-,14+,17+,20-,21-/m1/s1. The first-order chi connectivity index (χ1) is 15.0. The largest absolute Gasteiger partial charge is 0.750 e. The minimum atomic E-state index is -2.47. The van der Waals surface area contributed by atoms with Crippen LogP contribution in [0, 0.1) is 5.92 Å². The highest BCUT2D eigenvalue weighted by atomic mass is 31.1. The van der Waals surface area contributed by atoms with Crippen LogP contribution in [0.25, 0.3) is 0 Å². The number of aliphatic imine (C=N–C) groups is 1. The van der Waals surface area contributed by atoms with E-state index in [9.17, 15) is 9.67 Å². The number of hydrogen-bond donors (Lipinski definition) is 4. The van der Waals surface area contributed by atoms with Gasteiger partial charge in [-0.15, -0.1) is 4.52 Å². The molecule has 1 unspecified atom stereocenters. The smallest absolute Gasteiger partial charge is 0.393 e. The lowest BCUT2D eigenvalue weighted by atomic mass is 9.86. The highest BCUT2D eigenvalue weighted by Crippen LogP contribution is 2.42. The van der Waals surface area contributed by atoms with Gasteiger partial charge in [-0.3, -0.25) is 0 Å². The number of para-hydroxylation sites is 1. The van der Waals surface area contributed by atoms with E-state index in [0.717, 1.165) is 0 Å². The molecule has 0 bridgehead atoms. The first kappa shape index (κ1) is 25.4. The molecule has 0 aliphatic carbocycles. The van der Waals surface area contributed by atoms with Crippen LogP contribution in [0.5, 0.6) is 5.75 Å². The predicted molar refractivity (Wildman–Crippen MR) is 123 cm³/mol. The number of ether oxygens (including phenoxy) is 1. The minimum absolute atomic E-state index is 0.00622. The molecule has 7 N–H and O–H groups in total. The number of benzene rings is 1. The van der Waals surface area contributed by atoms with Crippen molar-refractivity contribution < 1.29 is 23.5 Å². The third-order valence-corrected chi connectivity index (χ3v) is 6.21. The van der Waals surface area contributed by atoms with Crippen LogP contribution in [0.4, 0.5) is 0 Å². The number of rotatable bonds is 10. The van der Waals surface area contributed by atoms with Gasteiger partial charge in [-0.2, -0.15) is 0 Å². The van der Waals surface area contributed by atoms with E-state index < -0.39 is 38.2 Å². The van der Waals surface area contributed by atoms with Gasteiger partial charge in [-0.25, -0.2) is 9.52 Å². The number of nitrogens with zero attached hydrogens (tertiary/aromatic N) is 2. The first-order valence-electron chi connectivity index (χ1n) is 9.90. The monoisotopic (exact) mass is 464 g/mol. The second-order valence-electron chi connectivity index (χ2n) is 7.49. The van der Waals surface area contributed by atoms with E-state index in [2.05, 4.69) is 18.2 Å². The van der Waals surface area contributed by atoms with Crippen LogP contribution in [-0.2, 0) is 13.8 Å². The molecule has 1 aromatic carbocycles. The predicted octanol–water partition coefficient (Wildman–Crippen LogP) is 2.27. The van der Waals surface area contributed by atoms with E-state index in [1.54, 1.807) is 45.0 Å². The second-order valence-corrected chi connectivity index (χ2v) is 8.33. The normalized spacial score (nSPS) is 27.8. The van der Waals surface area contributed by atoms with Crippen LogP contribution < -0.4 is 21.7 Å². The van der Waals surface area contributed by atoms with Crippen LogP contribution in [0.2, 0.25) is 0 Å². The molecule has 174 valence electrons. The maximum atomic E-state index is 12.3. The second kappa shape index (κ2) is 10.6. The van der Waals surface area contributed by atoms with Gasteiger partial charge in [0.1, 0.15) is 29.1 Å². The number of hydrogen-bond acceptors (Lipinski definition) is 9. The molecule has 1 aromatic rings. The third-order valence-electron chi connectivity index (χ3n) is 5.35. The van der Waals surface area contributed by atoms with E-state index >= 15 is 0 Å². The maximum Gasteiger partial charge on any atom is 0.750 e. The number of aliphatic hydroxyl groups is 1. The molecular weight excluding hydrogens is 433 g/mol. The molecule has 11 heteroatoms. The topological polar surface area (TPSA) is 159 Å². The van der Waals surface area contributed by atoms with Crippen LogP contribution in [-0.4, -0.2) is 39.9 Å². The Morgan fingerprint density at radius 1 is 1.34 bits per heavy atom. The molecule has 1 fully saturated rings. The zero-order chi connectivity index (χ0) is 24.1. The Kier molecular flexibility index (Phi) is 8.40. The lowest BCUT2D eigenvalue weighted by Crippen LogP contribution is -2.50. The van der Waals surface area contributed by atoms with E-state index in [1.807, 2.05) is 6.07 Å². The van der Waals surface area contributed by atoms with Crippen LogP contribution in [0.3, 0.4) is 0 Å². The van der Waals surface area contributed by atoms with Crippen molar-refractivity contribution in [3.63, 3.8) is 0 Å². The Morgan fingerprint density at radius 2 is 1.97 bits per heavy atom. The van der Waals surface area contributed by atoms with E-state index in [0.29, 0.717) is 5.75 Å². The summed E-state index contributed by atoms with van der Waals surface area (Å²) in [7, 11) is -2.47. The zero-order valence-electron chi connectivity index (χ0n) is 18.4. The molecule has 1 aliphatic heterocycles. The van der Waals surface area contributed by atoms with Crippen molar-refractivity contribution in [3.8, 4) is 5.75 Å². The summed E-state index contributed by atoms with van der Waals surface area (Å²) in [6.45, 7) is 12.3. The van der Waals surface area contributed by atoms with E-state index in [4.69, 9.17) is 31.0 Å². The van der Waals surface area contributed by atoms with Crippen molar-refractivity contribution in [2.75, 3.05) is 0 Å². The van der Waals surface area contributed by atoms with Crippen LogP contribution in [0.1, 0.15) is 20.8 Å². The van der Waals surface area contributed by atoms with Gasteiger partial charge in [-0.1, -0.05) is 38.3 Å². The molecule has 1 aliphatic rings. The number of amidine groups is 1. The molecule has 0 radical (unpaired) electrons. The Morgan fingerprint density at radius 3 is 2.53 bits per heavy atom. The summed E-state index contributed by atoms with van der Waals surface area (Å²) in [6.07, 6.45) is 0.280. The van der Waals surface area contributed by atoms with Gasteiger partial charge in [0.05, 0.1) is 6.10 Å². The SMILES string of the molecule is C=CN=C(N)/C(N)=C(\N)N(C=C)[C@@H]1O[C@H]([C@H](C)O[P+](=O)Oc2ccccc2)[C@@H](C)[C@@]1(C)O. The lowest BCUT2D eigenvalue weighted by Gasteiger charge is -2.35. The Bertz CT molecular complexity index is 905. The van der Waals surface area contributed by atoms with Crippen molar-refractivity contribution in [1.82, 2.24) is 4.90 Å². The maximum absolute atomic E-state index is 12.3. The minimum Gasteiger partial charge on any atom is -0.393 e. The van der Waals surface area contributed by atoms with Gasteiger partial charge in [0.15, 0.2) is 12.0 Å². The number of nitrogens with two attached hydrogens (primary N) is 3. The van der Waals surface area contributed by atoms with Crippen molar-refractivity contribution in [1.29, 1.82) is 0 Å². The molecule has 0 saturated carbocycles. The zero-order valence-corrected chi connectivity index (χ0v) is 19.3. The molecule has 0 aromatic heterocycles. The van der Waals surface area contributed by atoms with Gasteiger partial charge in [0, 0.05) is 22.9 Å². The van der Waals surface area contributed by atoms with Gasteiger partial charge in [0.25, 0.3) is 0 Å². The fourth-order valence-corrected chi connectivity index (χ4v) is 4.10. The summed E-state index contributed by atoms with van der Waals surface area (Å²) in [5, 5.41) is 11.2. The van der Waals surface area contributed by atoms with Crippen molar-refractivity contribution >= 4 is 14.1 Å². The van der Waals surface area contributed by atoms with E-state index in [-0.39, 0.29) is 17.4 Å². The van der Waals surface area contributed by atoms with Crippen molar-refractivity contribution in [2.45, 2.75) is 44.8 Å². The van der Waals surface area contributed by atoms with Crippen molar-refractivity contribution in [2.24, 2.45) is 28.1 Å². The fraction of sp³-hybridized carbons (Fsp3) is 0.381. The van der Waals surface area contributed by atoms with Crippen LogP contribution >= 0.6 is 8.25 Å². The molecule has 1 saturated heterocycles. The van der Waals surface area contributed by atoms with Crippen LogP contribution in [0.15, 0.2) is 72.4 Å². The lowest BCUT2D eigenvalue weighted by molar-refractivity contribution is -0.110. The molecule has 10 nitrogen and oxygen atoms in total. The average molecular weight is 464 g/mol. The Balaban J connectivity index is 2.20. The first-order valence-corrected chi connectivity index (χ1v) is 11.0. The summed E-state index contributed by atoms with van der Waals surface area (Å²) in [5.74, 6) is -0.0824. The summed E-state index contributed by atoms with van der Waals surface area (Å²) < 4.78 is 29.3. The van der Waals surface area contributed by atoms with Crippen molar-refractivity contribution in [3.05, 3.63) is 67.4 Å². The quantitative estimate of drug-likeness (QED) is 0.231. The molecule has 6 atom stereocenters. The molecule has 0 spiro atoms. The molecule has 0 amide bonds. The highest BCUT2D eigenvalue weighted by molar-refractivity contribution is 7.33.